The quantitative estimate of drug-likeness (QED) is 0.580. The molecular weight excluding hydrogens is 276 g/mol. The molecule has 21 heavy (non-hydrogen) atoms. The van der Waals surface area contributed by atoms with Crippen molar-refractivity contribution in [2.45, 2.75) is 20.3 Å². The van der Waals surface area contributed by atoms with Gasteiger partial charge in [-0.25, -0.2) is 4.98 Å². The molecule has 112 valence electrons. The smallest absolute Gasteiger partial charge is 0.312 e. The standard InChI is InChI=1S/C13H16N4O4/c1-8(2)3-10(13(18)19)7-16-12-11(17(20)21)4-9(5-14)6-15-12/h4,6,8,10H,3,7H2,1-2H3,(H,15,16)(H,18,19). The molecule has 8 nitrogen and oxygen atoms in total. The van der Waals surface area contributed by atoms with E-state index >= 15 is 0 Å². The Morgan fingerprint density at radius 2 is 2.29 bits per heavy atom. The number of nitriles is 1. The zero-order valence-corrected chi connectivity index (χ0v) is 11.7. The van der Waals surface area contributed by atoms with Crippen LogP contribution < -0.4 is 5.32 Å². The van der Waals surface area contributed by atoms with Crippen LogP contribution in [0.1, 0.15) is 25.8 Å². The summed E-state index contributed by atoms with van der Waals surface area (Å²) in [6.07, 6.45) is 1.65. The normalized spacial score (nSPS) is 11.7. The molecule has 1 aromatic heterocycles. The number of carboxylic acids is 1. The number of rotatable bonds is 7. The van der Waals surface area contributed by atoms with Crippen LogP contribution in [0.4, 0.5) is 11.5 Å². The first-order valence-corrected chi connectivity index (χ1v) is 6.36. The summed E-state index contributed by atoms with van der Waals surface area (Å²) in [5.74, 6) is -1.47. The van der Waals surface area contributed by atoms with Gasteiger partial charge in [0.2, 0.25) is 5.82 Å². The third-order valence-corrected chi connectivity index (χ3v) is 2.81. The Hall–Kier alpha value is -2.69. The molecule has 0 amide bonds. The number of nitrogens with one attached hydrogen (secondary N) is 1. The average molecular weight is 292 g/mol. The molecule has 1 rings (SSSR count). The second kappa shape index (κ2) is 7.19. The van der Waals surface area contributed by atoms with Crippen LogP contribution in [0.15, 0.2) is 12.3 Å². The molecule has 1 unspecified atom stereocenters. The molecule has 0 saturated carbocycles. The highest BCUT2D eigenvalue weighted by molar-refractivity contribution is 5.71. The van der Waals surface area contributed by atoms with Crippen LogP contribution in [0.3, 0.4) is 0 Å². The van der Waals surface area contributed by atoms with E-state index in [9.17, 15) is 14.9 Å². The van der Waals surface area contributed by atoms with Crippen molar-refractivity contribution in [1.82, 2.24) is 4.98 Å². The van der Waals surface area contributed by atoms with E-state index < -0.39 is 16.8 Å². The van der Waals surface area contributed by atoms with E-state index in [-0.39, 0.29) is 29.5 Å². The summed E-state index contributed by atoms with van der Waals surface area (Å²) in [4.78, 5) is 25.2. The summed E-state index contributed by atoms with van der Waals surface area (Å²) in [6, 6.07) is 2.87. The Morgan fingerprint density at radius 3 is 2.76 bits per heavy atom. The SMILES string of the molecule is CC(C)CC(CNc1ncc(C#N)cc1[N+](=O)[O-])C(=O)O. The van der Waals surface area contributed by atoms with Crippen molar-refractivity contribution in [3.05, 3.63) is 27.9 Å². The maximum absolute atomic E-state index is 11.1. The van der Waals surface area contributed by atoms with E-state index in [1.165, 1.54) is 6.20 Å². The van der Waals surface area contributed by atoms with E-state index in [2.05, 4.69) is 10.3 Å². The fraction of sp³-hybridized carbons (Fsp3) is 0.462. The summed E-state index contributed by atoms with van der Waals surface area (Å²) >= 11 is 0. The van der Waals surface area contributed by atoms with Gasteiger partial charge >= 0.3 is 11.7 Å². The number of pyridine rings is 1. The number of aliphatic carboxylic acids is 1. The first kappa shape index (κ1) is 16.4. The number of nitro groups is 1. The lowest BCUT2D eigenvalue weighted by Gasteiger charge is -2.15. The maximum atomic E-state index is 11.1. The van der Waals surface area contributed by atoms with Crippen molar-refractivity contribution in [2.24, 2.45) is 11.8 Å². The molecular formula is C13H16N4O4. The number of hydrogen-bond donors (Lipinski definition) is 2. The number of carbonyl (C=O) groups is 1. The number of hydrogen-bond acceptors (Lipinski definition) is 6. The second-order valence-electron chi connectivity index (χ2n) is 5.01. The number of nitrogens with zero attached hydrogens (tertiary/aromatic N) is 3. The Bertz CT molecular complexity index is 580. The fourth-order valence-electron chi connectivity index (χ4n) is 1.85. The Kier molecular flexibility index (Phi) is 5.60. The molecule has 0 saturated heterocycles. The molecule has 2 N–H and O–H groups in total. The van der Waals surface area contributed by atoms with Crippen molar-refractivity contribution >= 4 is 17.5 Å². The second-order valence-corrected chi connectivity index (χ2v) is 5.01. The lowest BCUT2D eigenvalue weighted by atomic mass is 9.97. The van der Waals surface area contributed by atoms with Crippen molar-refractivity contribution in [2.75, 3.05) is 11.9 Å². The van der Waals surface area contributed by atoms with Crippen LogP contribution in [0.25, 0.3) is 0 Å². The highest BCUT2D eigenvalue weighted by atomic mass is 16.6. The van der Waals surface area contributed by atoms with Gasteiger partial charge < -0.3 is 10.4 Å². The van der Waals surface area contributed by atoms with Gasteiger partial charge in [0.25, 0.3) is 0 Å². The molecule has 8 heteroatoms. The predicted octanol–water partition coefficient (Wildman–Crippen LogP) is 2.02. The molecule has 0 bridgehead atoms. The van der Waals surface area contributed by atoms with Crippen LogP contribution in [0.2, 0.25) is 0 Å². The molecule has 1 aromatic rings. The lowest BCUT2D eigenvalue weighted by Crippen LogP contribution is -2.25. The van der Waals surface area contributed by atoms with Gasteiger partial charge in [0.05, 0.1) is 16.4 Å². The lowest BCUT2D eigenvalue weighted by molar-refractivity contribution is -0.384. The van der Waals surface area contributed by atoms with Crippen LogP contribution >= 0.6 is 0 Å². The van der Waals surface area contributed by atoms with Gasteiger partial charge in [-0.3, -0.25) is 14.9 Å². The molecule has 0 aliphatic carbocycles. The number of anilines is 1. The minimum Gasteiger partial charge on any atom is -0.481 e. The predicted molar refractivity (Wildman–Crippen MR) is 74.7 cm³/mol. The minimum absolute atomic E-state index is 0.0333. The first-order chi connectivity index (χ1) is 9.85. The van der Waals surface area contributed by atoms with Crippen LogP contribution in [0, 0.1) is 33.3 Å². The number of carboxylic acid groups (broad SMARTS) is 1. The van der Waals surface area contributed by atoms with E-state index in [0.29, 0.717) is 6.42 Å². The van der Waals surface area contributed by atoms with E-state index in [4.69, 9.17) is 10.4 Å². The zero-order valence-electron chi connectivity index (χ0n) is 11.7. The molecule has 0 aliphatic rings. The largest absolute Gasteiger partial charge is 0.481 e. The molecule has 1 atom stereocenters. The van der Waals surface area contributed by atoms with E-state index in [1.54, 1.807) is 6.07 Å². The van der Waals surface area contributed by atoms with Crippen molar-refractivity contribution < 1.29 is 14.8 Å². The highest BCUT2D eigenvalue weighted by Crippen LogP contribution is 2.23. The molecule has 0 aromatic carbocycles. The van der Waals surface area contributed by atoms with E-state index in [1.807, 2.05) is 13.8 Å². The van der Waals surface area contributed by atoms with E-state index in [0.717, 1.165) is 6.07 Å². The molecule has 0 aliphatic heterocycles. The van der Waals surface area contributed by atoms with Crippen molar-refractivity contribution in [1.29, 1.82) is 5.26 Å². The molecule has 1 heterocycles. The highest BCUT2D eigenvalue weighted by Gasteiger charge is 2.22. The van der Waals surface area contributed by atoms with Gasteiger partial charge in [0.1, 0.15) is 6.07 Å². The molecule has 0 spiro atoms. The molecule has 0 radical (unpaired) electrons. The Morgan fingerprint density at radius 1 is 1.62 bits per heavy atom. The summed E-state index contributed by atoms with van der Waals surface area (Å²) < 4.78 is 0. The van der Waals surface area contributed by atoms with Gasteiger partial charge in [-0.1, -0.05) is 13.8 Å². The van der Waals surface area contributed by atoms with Gasteiger partial charge in [0.15, 0.2) is 0 Å². The summed E-state index contributed by atoms with van der Waals surface area (Å²) in [7, 11) is 0. The van der Waals surface area contributed by atoms with Gasteiger partial charge in [-0.2, -0.15) is 5.26 Å². The zero-order chi connectivity index (χ0) is 16.0. The monoisotopic (exact) mass is 292 g/mol. The summed E-state index contributed by atoms with van der Waals surface area (Å²) in [5, 5.41) is 31.5. The summed E-state index contributed by atoms with van der Waals surface area (Å²) in [6.45, 7) is 3.84. The minimum atomic E-state index is -0.965. The Balaban J connectivity index is 2.89. The third kappa shape index (κ3) is 4.72. The summed E-state index contributed by atoms with van der Waals surface area (Å²) in [5.41, 5.74) is -0.271. The fourth-order valence-corrected chi connectivity index (χ4v) is 1.85. The van der Waals surface area contributed by atoms with Crippen molar-refractivity contribution in [3.8, 4) is 6.07 Å². The van der Waals surface area contributed by atoms with Crippen LogP contribution in [-0.2, 0) is 4.79 Å². The maximum Gasteiger partial charge on any atom is 0.312 e. The third-order valence-electron chi connectivity index (χ3n) is 2.81. The Labute approximate surface area is 121 Å². The van der Waals surface area contributed by atoms with Crippen LogP contribution in [0.5, 0.6) is 0 Å². The molecule has 0 fully saturated rings. The van der Waals surface area contributed by atoms with Crippen molar-refractivity contribution in [3.63, 3.8) is 0 Å². The average Bonchev–Trinajstić information content (AvgIpc) is 2.42. The topological polar surface area (TPSA) is 129 Å². The van der Waals surface area contributed by atoms with Gasteiger partial charge in [-0.05, 0) is 12.3 Å². The first-order valence-electron chi connectivity index (χ1n) is 6.36. The van der Waals surface area contributed by atoms with Crippen LogP contribution in [-0.4, -0.2) is 27.5 Å². The van der Waals surface area contributed by atoms with Gasteiger partial charge in [0, 0.05) is 18.8 Å². The number of aromatic nitrogens is 1. The van der Waals surface area contributed by atoms with Gasteiger partial charge in [-0.15, -0.1) is 0 Å².